The molecule has 86 valence electrons. The van der Waals surface area contributed by atoms with Gasteiger partial charge < -0.3 is 22.1 Å². The maximum absolute atomic E-state index is 11.2. The van der Waals surface area contributed by atoms with Crippen molar-refractivity contribution in [2.24, 2.45) is 11.5 Å². The summed E-state index contributed by atoms with van der Waals surface area (Å²) < 4.78 is 0. The Kier molecular flexibility index (Phi) is 6.03. The lowest BCUT2D eigenvalue weighted by atomic mass is 10.2. The van der Waals surface area contributed by atoms with E-state index in [4.69, 9.17) is 11.5 Å². The fourth-order valence-electron chi connectivity index (χ4n) is 0.868. The average molecular weight is 216 g/mol. The van der Waals surface area contributed by atoms with Crippen molar-refractivity contribution in [2.75, 3.05) is 13.1 Å². The van der Waals surface area contributed by atoms with Crippen LogP contribution in [0.3, 0.4) is 0 Å². The molecule has 0 rings (SSSR count). The quantitative estimate of drug-likeness (QED) is 0.389. The third-order valence-electron chi connectivity index (χ3n) is 1.55. The molecule has 3 amide bonds. The maximum Gasteiger partial charge on any atom is 0.239 e. The second kappa shape index (κ2) is 6.77. The van der Waals surface area contributed by atoms with Crippen molar-refractivity contribution in [1.82, 2.24) is 10.6 Å². The van der Waals surface area contributed by atoms with Gasteiger partial charge in [-0.2, -0.15) is 0 Å². The van der Waals surface area contributed by atoms with Crippen LogP contribution in [0.25, 0.3) is 0 Å². The van der Waals surface area contributed by atoms with Crippen LogP contribution < -0.4 is 22.1 Å². The molecule has 7 heteroatoms. The van der Waals surface area contributed by atoms with Crippen molar-refractivity contribution in [1.29, 1.82) is 0 Å². The van der Waals surface area contributed by atoms with Gasteiger partial charge in [-0.25, -0.2) is 0 Å². The van der Waals surface area contributed by atoms with Crippen LogP contribution in [0.4, 0.5) is 0 Å². The second-order valence-electron chi connectivity index (χ2n) is 2.95. The van der Waals surface area contributed by atoms with Crippen molar-refractivity contribution < 1.29 is 14.4 Å². The average Bonchev–Trinajstić information content (AvgIpc) is 2.13. The molecule has 0 aromatic carbocycles. The number of hydrogen-bond acceptors (Lipinski definition) is 4. The van der Waals surface area contributed by atoms with Gasteiger partial charge in [0.25, 0.3) is 0 Å². The van der Waals surface area contributed by atoms with Crippen LogP contribution in [0.5, 0.6) is 0 Å². The molecule has 0 aliphatic heterocycles. The third kappa shape index (κ3) is 6.44. The Balaban J connectivity index is 3.82. The van der Waals surface area contributed by atoms with Crippen LogP contribution >= 0.6 is 0 Å². The molecule has 1 atom stereocenters. The number of primary amides is 1. The Bertz CT molecular complexity index is 254. The Morgan fingerprint density at radius 2 is 1.87 bits per heavy atom. The highest BCUT2D eigenvalue weighted by Gasteiger charge is 2.16. The third-order valence-corrected chi connectivity index (χ3v) is 1.55. The Morgan fingerprint density at radius 1 is 1.27 bits per heavy atom. The van der Waals surface area contributed by atoms with Gasteiger partial charge >= 0.3 is 0 Å². The van der Waals surface area contributed by atoms with E-state index in [1.165, 1.54) is 0 Å². The Morgan fingerprint density at radius 3 is 2.33 bits per heavy atom. The monoisotopic (exact) mass is 216 g/mol. The molecular weight excluding hydrogens is 200 g/mol. The molecule has 15 heavy (non-hydrogen) atoms. The highest BCUT2D eigenvalue weighted by atomic mass is 16.2. The molecule has 0 aliphatic rings. The standard InChI is InChI=1S/C8H16N4O3/c1-2-11-7(14)4-12-8(15)5(9)3-6(10)13/h5H,2-4,9H2,1H3,(H2,10,13)(H,11,14)(H,12,15). The fourth-order valence-corrected chi connectivity index (χ4v) is 0.868. The van der Waals surface area contributed by atoms with Gasteiger partial charge in [-0.15, -0.1) is 0 Å². The zero-order valence-electron chi connectivity index (χ0n) is 8.58. The lowest BCUT2D eigenvalue weighted by Gasteiger charge is -2.09. The van der Waals surface area contributed by atoms with E-state index in [1.807, 2.05) is 0 Å². The van der Waals surface area contributed by atoms with Gasteiger partial charge in [-0.05, 0) is 6.92 Å². The van der Waals surface area contributed by atoms with Crippen molar-refractivity contribution >= 4 is 17.7 Å². The molecule has 0 heterocycles. The van der Waals surface area contributed by atoms with Crippen LogP contribution in [0.15, 0.2) is 0 Å². The van der Waals surface area contributed by atoms with Crippen LogP contribution in [0.2, 0.25) is 0 Å². The topological polar surface area (TPSA) is 127 Å². The molecule has 0 aliphatic carbocycles. The zero-order chi connectivity index (χ0) is 11.8. The summed E-state index contributed by atoms with van der Waals surface area (Å²) in [4.78, 5) is 32.5. The SMILES string of the molecule is CCNC(=O)CNC(=O)C(N)CC(N)=O. The largest absolute Gasteiger partial charge is 0.370 e. The molecule has 6 N–H and O–H groups in total. The molecule has 0 saturated carbocycles. The first-order valence-electron chi connectivity index (χ1n) is 4.55. The van der Waals surface area contributed by atoms with E-state index in [9.17, 15) is 14.4 Å². The minimum Gasteiger partial charge on any atom is -0.370 e. The van der Waals surface area contributed by atoms with Crippen molar-refractivity contribution in [3.63, 3.8) is 0 Å². The smallest absolute Gasteiger partial charge is 0.239 e. The van der Waals surface area contributed by atoms with Crippen LogP contribution in [0, 0.1) is 0 Å². The van der Waals surface area contributed by atoms with Crippen LogP contribution in [0.1, 0.15) is 13.3 Å². The Labute approximate surface area is 87.6 Å². The molecular formula is C8H16N4O3. The summed E-state index contributed by atoms with van der Waals surface area (Å²) in [6, 6.07) is -1.00. The van der Waals surface area contributed by atoms with Gasteiger partial charge in [-0.3, -0.25) is 14.4 Å². The van der Waals surface area contributed by atoms with E-state index in [0.717, 1.165) is 0 Å². The summed E-state index contributed by atoms with van der Waals surface area (Å²) in [5, 5.41) is 4.78. The number of rotatable bonds is 6. The van der Waals surface area contributed by atoms with E-state index in [2.05, 4.69) is 10.6 Å². The number of hydrogen-bond donors (Lipinski definition) is 4. The van der Waals surface area contributed by atoms with Crippen LogP contribution in [-0.4, -0.2) is 36.9 Å². The zero-order valence-corrected chi connectivity index (χ0v) is 8.58. The number of likely N-dealkylation sites (N-methyl/N-ethyl adjacent to an activating group) is 1. The molecule has 7 nitrogen and oxygen atoms in total. The summed E-state index contributed by atoms with van der Waals surface area (Å²) >= 11 is 0. The van der Waals surface area contributed by atoms with Crippen molar-refractivity contribution in [3.8, 4) is 0 Å². The second-order valence-corrected chi connectivity index (χ2v) is 2.95. The minimum absolute atomic E-state index is 0.154. The summed E-state index contributed by atoms with van der Waals surface area (Å²) in [6.45, 7) is 2.10. The normalized spacial score (nSPS) is 11.6. The fraction of sp³-hybridized carbons (Fsp3) is 0.625. The summed E-state index contributed by atoms with van der Waals surface area (Å²) in [5.41, 5.74) is 10.2. The first-order valence-corrected chi connectivity index (χ1v) is 4.55. The predicted molar refractivity (Wildman–Crippen MR) is 53.5 cm³/mol. The molecule has 1 unspecified atom stereocenters. The van der Waals surface area contributed by atoms with Gasteiger partial charge in [-0.1, -0.05) is 0 Å². The lowest BCUT2D eigenvalue weighted by Crippen LogP contribution is -2.46. The van der Waals surface area contributed by atoms with Crippen molar-refractivity contribution in [2.45, 2.75) is 19.4 Å². The number of nitrogens with one attached hydrogen (secondary N) is 2. The highest BCUT2D eigenvalue weighted by Crippen LogP contribution is 1.86. The molecule has 0 saturated heterocycles. The van der Waals surface area contributed by atoms with Gasteiger partial charge in [0.05, 0.1) is 19.0 Å². The predicted octanol–water partition coefficient (Wildman–Crippen LogP) is -2.56. The number of carbonyl (C=O) groups excluding carboxylic acids is 3. The number of nitrogens with two attached hydrogens (primary N) is 2. The number of amides is 3. The highest BCUT2D eigenvalue weighted by molar-refractivity contribution is 5.90. The van der Waals surface area contributed by atoms with Crippen LogP contribution in [-0.2, 0) is 14.4 Å². The molecule has 0 radical (unpaired) electrons. The molecule has 0 aromatic heterocycles. The molecule has 0 spiro atoms. The summed E-state index contributed by atoms with van der Waals surface area (Å²) in [5.74, 6) is -1.53. The summed E-state index contributed by atoms with van der Waals surface area (Å²) in [6.07, 6.45) is -0.235. The summed E-state index contributed by atoms with van der Waals surface area (Å²) in [7, 11) is 0. The molecule has 0 fully saturated rings. The first-order chi connectivity index (χ1) is 6.97. The van der Waals surface area contributed by atoms with E-state index >= 15 is 0 Å². The van der Waals surface area contributed by atoms with Crippen molar-refractivity contribution in [3.05, 3.63) is 0 Å². The molecule has 0 aromatic rings. The maximum atomic E-state index is 11.2. The Hall–Kier alpha value is -1.63. The van der Waals surface area contributed by atoms with Gasteiger partial charge in [0.1, 0.15) is 0 Å². The minimum atomic E-state index is -1.00. The first kappa shape index (κ1) is 13.4. The van der Waals surface area contributed by atoms with Gasteiger partial charge in [0, 0.05) is 6.54 Å². The van der Waals surface area contributed by atoms with E-state index in [-0.39, 0.29) is 18.9 Å². The molecule has 0 bridgehead atoms. The van der Waals surface area contributed by atoms with Gasteiger partial charge in [0.15, 0.2) is 0 Å². The van der Waals surface area contributed by atoms with Gasteiger partial charge in [0.2, 0.25) is 17.7 Å². The van der Waals surface area contributed by atoms with E-state index in [1.54, 1.807) is 6.92 Å². The number of carbonyl (C=O) groups is 3. The lowest BCUT2D eigenvalue weighted by molar-refractivity contribution is -0.128. The van der Waals surface area contributed by atoms with E-state index in [0.29, 0.717) is 6.54 Å². The van der Waals surface area contributed by atoms with E-state index < -0.39 is 17.9 Å².